The molecule has 0 saturated heterocycles. The van der Waals surface area contributed by atoms with Gasteiger partial charge in [0.1, 0.15) is 11.9 Å². The zero-order valence-corrected chi connectivity index (χ0v) is 13.7. The van der Waals surface area contributed by atoms with E-state index in [0.29, 0.717) is 17.0 Å². The summed E-state index contributed by atoms with van der Waals surface area (Å²) in [6, 6.07) is 3.67. The molecule has 1 amide bonds. The largest absolute Gasteiger partial charge is 0.480 e. The summed E-state index contributed by atoms with van der Waals surface area (Å²) < 4.78 is 18.4. The fourth-order valence-electron chi connectivity index (χ4n) is 2.53. The highest BCUT2D eigenvalue weighted by molar-refractivity contribution is 5.84. The summed E-state index contributed by atoms with van der Waals surface area (Å²) in [5, 5.41) is 15.5. The first kappa shape index (κ1) is 17.1. The fraction of sp³-hybridized carbons (Fsp3) is 0.412. The van der Waals surface area contributed by atoms with Crippen LogP contribution in [0.2, 0.25) is 0 Å². The van der Waals surface area contributed by atoms with Gasteiger partial charge in [-0.1, -0.05) is 5.16 Å². The average molecular weight is 347 g/mol. The number of hydrogen-bond donors (Lipinski definition) is 2. The van der Waals surface area contributed by atoms with E-state index in [0.717, 1.165) is 12.8 Å². The second kappa shape index (κ2) is 7.00. The molecular weight excluding hydrogens is 329 g/mol. The van der Waals surface area contributed by atoms with Crippen LogP contribution in [0.1, 0.15) is 30.7 Å². The lowest BCUT2D eigenvalue weighted by Gasteiger charge is -2.12. The lowest BCUT2D eigenvalue weighted by atomic mass is 10.1. The number of carbonyl (C=O) groups is 2. The van der Waals surface area contributed by atoms with Gasteiger partial charge in [-0.25, -0.2) is 9.18 Å². The molecule has 2 aromatic rings. The van der Waals surface area contributed by atoms with Gasteiger partial charge in [-0.05, 0) is 49.4 Å². The SMILES string of the molecule is Cc1cc(-c2noc(CCC(=O)NC(C(=O)O)C3CC3)n2)ccc1F. The standard InChI is InChI=1S/C17H18FN3O4/c1-9-8-11(4-5-12(9)18)16-20-14(25-21-16)7-6-13(22)19-15(17(23)24)10-2-3-10/h4-5,8,10,15H,2-3,6-7H2,1H3,(H,19,22)(H,23,24). The third kappa shape index (κ3) is 4.20. The molecule has 1 atom stereocenters. The van der Waals surface area contributed by atoms with Crippen molar-refractivity contribution < 1.29 is 23.6 Å². The van der Waals surface area contributed by atoms with Crippen molar-refractivity contribution in [3.8, 4) is 11.4 Å². The topological polar surface area (TPSA) is 105 Å². The average Bonchev–Trinajstić information content (AvgIpc) is 3.30. The summed E-state index contributed by atoms with van der Waals surface area (Å²) in [7, 11) is 0. The highest BCUT2D eigenvalue weighted by Gasteiger charge is 2.37. The molecule has 1 fully saturated rings. The molecule has 0 bridgehead atoms. The van der Waals surface area contributed by atoms with E-state index in [1.54, 1.807) is 19.1 Å². The Morgan fingerprint density at radius 1 is 1.44 bits per heavy atom. The van der Waals surface area contributed by atoms with E-state index >= 15 is 0 Å². The molecular formula is C17H18FN3O4. The molecule has 3 rings (SSSR count). The summed E-state index contributed by atoms with van der Waals surface area (Å²) in [6.07, 6.45) is 1.90. The van der Waals surface area contributed by atoms with Crippen LogP contribution in [0.3, 0.4) is 0 Å². The van der Waals surface area contributed by atoms with Gasteiger partial charge in [-0.3, -0.25) is 4.79 Å². The van der Waals surface area contributed by atoms with E-state index in [2.05, 4.69) is 15.5 Å². The number of aliphatic carboxylic acids is 1. The molecule has 132 valence electrons. The maximum Gasteiger partial charge on any atom is 0.326 e. The van der Waals surface area contributed by atoms with Crippen LogP contribution in [0, 0.1) is 18.7 Å². The van der Waals surface area contributed by atoms with Crippen LogP contribution < -0.4 is 5.32 Å². The van der Waals surface area contributed by atoms with Gasteiger partial charge in [0, 0.05) is 18.4 Å². The first-order chi connectivity index (χ1) is 11.9. The number of carboxylic acid groups (broad SMARTS) is 1. The number of benzene rings is 1. The van der Waals surface area contributed by atoms with Crippen molar-refractivity contribution in [2.75, 3.05) is 0 Å². The van der Waals surface area contributed by atoms with Gasteiger partial charge >= 0.3 is 5.97 Å². The number of nitrogens with zero attached hydrogens (tertiary/aromatic N) is 2. The van der Waals surface area contributed by atoms with Crippen molar-refractivity contribution in [3.63, 3.8) is 0 Å². The lowest BCUT2D eigenvalue weighted by Crippen LogP contribution is -2.42. The second-order valence-electron chi connectivity index (χ2n) is 6.20. The summed E-state index contributed by atoms with van der Waals surface area (Å²) in [5.41, 5.74) is 1.10. The van der Waals surface area contributed by atoms with E-state index in [4.69, 9.17) is 9.63 Å². The number of halogens is 1. The number of hydrogen-bond acceptors (Lipinski definition) is 5. The van der Waals surface area contributed by atoms with Crippen LogP contribution in [-0.4, -0.2) is 33.2 Å². The second-order valence-corrected chi connectivity index (χ2v) is 6.20. The minimum atomic E-state index is -1.01. The highest BCUT2D eigenvalue weighted by Crippen LogP contribution is 2.32. The number of nitrogens with one attached hydrogen (secondary N) is 1. The van der Waals surface area contributed by atoms with Gasteiger partial charge in [-0.2, -0.15) is 4.98 Å². The zero-order valence-electron chi connectivity index (χ0n) is 13.7. The third-order valence-corrected chi connectivity index (χ3v) is 4.13. The number of carboxylic acids is 1. The maximum absolute atomic E-state index is 13.3. The summed E-state index contributed by atoms with van der Waals surface area (Å²) >= 11 is 0. The molecule has 2 N–H and O–H groups in total. The van der Waals surface area contributed by atoms with Crippen molar-refractivity contribution >= 4 is 11.9 Å². The van der Waals surface area contributed by atoms with Crippen molar-refractivity contribution in [2.45, 2.75) is 38.6 Å². The van der Waals surface area contributed by atoms with E-state index in [1.165, 1.54) is 6.07 Å². The Labute approximate surface area is 143 Å². The lowest BCUT2D eigenvalue weighted by molar-refractivity contribution is -0.142. The van der Waals surface area contributed by atoms with Gasteiger partial charge in [0.25, 0.3) is 0 Å². The van der Waals surface area contributed by atoms with Gasteiger partial charge in [0.15, 0.2) is 0 Å². The van der Waals surface area contributed by atoms with Crippen molar-refractivity contribution in [3.05, 3.63) is 35.5 Å². The van der Waals surface area contributed by atoms with Crippen LogP contribution in [0.4, 0.5) is 4.39 Å². The third-order valence-electron chi connectivity index (χ3n) is 4.13. The normalized spacial score (nSPS) is 15.0. The van der Waals surface area contributed by atoms with Crippen LogP contribution in [0.15, 0.2) is 22.7 Å². The fourth-order valence-corrected chi connectivity index (χ4v) is 2.53. The first-order valence-corrected chi connectivity index (χ1v) is 8.05. The van der Waals surface area contributed by atoms with E-state index in [1.807, 2.05) is 0 Å². The predicted octanol–water partition coefficient (Wildman–Crippen LogP) is 2.10. The molecule has 7 nitrogen and oxygen atoms in total. The summed E-state index contributed by atoms with van der Waals surface area (Å²) in [5.74, 6) is -1.07. The zero-order chi connectivity index (χ0) is 18.0. The summed E-state index contributed by atoms with van der Waals surface area (Å²) in [4.78, 5) is 27.2. The molecule has 1 aromatic carbocycles. The predicted molar refractivity (Wildman–Crippen MR) is 85.0 cm³/mol. The molecule has 1 aromatic heterocycles. The molecule has 1 saturated carbocycles. The van der Waals surface area contributed by atoms with E-state index in [-0.39, 0.29) is 36.4 Å². The Kier molecular flexibility index (Phi) is 4.78. The van der Waals surface area contributed by atoms with Crippen molar-refractivity contribution in [1.29, 1.82) is 0 Å². The molecule has 0 radical (unpaired) electrons. The van der Waals surface area contributed by atoms with Gasteiger partial charge in [0.05, 0.1) is 0 Å². The summed E-state index contributed by atoms with van der Waals surface area (Å²) in [6.45, 7) is 1.64. The Balaban J connectivity index is 1.57. The van der Waals surface area contributed by atoms with Crippen LogP contribution in [0.5, 0.6) is 0 Å². The quantitative estimate of drug-likeness (QED) is 0.794. The van der Waals surface area contributed by atoms with Crippen LogP contribution in [-0.2, 0) is 16.0 Å². The van der Waals surface area contributed by atoms with E-state index < -0.39 is 12.0 Å². The molecule has 1 unspecified atom stereocenters. The Morgan fingerprint density at radius 2 is 2.20 bits per heavy atom. The van der Waals surface area contributed by atoms with Gasteiger partial charge in [-0.15, -0.1) is 0 Å². The molecule has 25 heavy (non-hydrogen) atoms. The minimum Gasteiger partial charge on any atom is -0.480 e. The van der Waals surface area contributed by atoms with Crippen LogP contribution in [0.25, 0.3) is 11.4 Å². The highest BCUT2D eigenvalue weighted by atomic mass is 19.1. The number of carbonyl (C=O) groups excluding carboxylic acids is 1. The first-order valence-electron chi connectivity index (χ1n) is 8.05. The number of aryl methyl sites for hydroxylation is 2. The molecule has 8 heteroatoms. The van der Waals surface area contributed by atoms with E-state index in [9.17, 15) is 14.0 Å². The number of rotatable bonds is 7. The molecule has 0 spiro atoms. The monoisotopic (exact) mass is 347 g/mol. The Hall–Kier alpha value is -2.77. The molecule has 1 aliphatic rings. The molecule has 0 aliphatic heterocycles. The smallest absolute Gasteiger partial charge is 0.326 e. The Morgan fingerprint density at radius 3 is 2.84 bits per heavy atom. The molecule has 1 heterocycles. The maximum atomic E-state index is 13.3. The number of amides is 1. The van der Waals surface area contributed by atoms with Crippen LogP contribution >= 0.6 is 0 Å². The molecule has 1 aliphatic carbocycles. The van der Waals surface area contributed by atoms with Gasteiger partial charge in [0.2, 0.25) is 17.6 Å². The van der Waals surface area contributed by atoms with Crippen molar-refractivity contribution in [1.82, 2.24) is 15.5 Å². The minimum absolute atomic E-state index is 0.0261. The number of aromatic nitrogens is 2. The Bertz CT molecular complexity index is 801. The van der Waals surface area contributed by atoms with Gasteiger partial charge < -0.3 is 14.9 Å². The van der Waals surface area contributed by atoms with Crippen molar-refractivity contribution in [2.24, 2.45) is 5.92 Å².